The van der Waals surface area contributed by atoms with Gasteiger partial charge in [-0.05, 0) is 31.0 Å². The van der Waals surface area contributed by atoms with Crippen molar-refractivity contribution in [3.8, 4) is 0 Å². The van der Waals surface area contributed by atoms with Crippen LogP contribution in [0, 0.1) is 0 Å². The Kier molecular flexibility index (Phi) is 8.70. The number of amides is 2. The molecule has 1 rings (SSSR count). The minimum absolute atomic E-state index is 0.0313. The van der Waals surface area contributed by atoms with Gasteiger partial charge in [0, 0.05) is 24.5 Å². The zero-order valence-corrected chi connectivity index (χ0v) is 15.0. The Bertz CT molecular complexity index is 502. The first kappa shape index (κ1) is 19.5. The van der Waals surface area contributed by atoms with E-state index in [1.165, 1.54) is 0 Å². The maximum Gasteiger partial charge on any atom is 0.242 e. The number of hydrogen-bond acceptors (Lipinski definition) is 2. The average molecular weight is 339 g/mol. The van der Waals surface area contributed by atoms with E-state index in [1.54, 1.807) is 24.0 Å². The summed E-state index contributed by atoms with van der Waals surface area (Å²) in [5, 5.41) is 3.57. The van der Waals surface area contributed by atoms with Crippen LogP contribution in [0.4, 0.5) is 0 Å². The lowest BCUT2D eigenvalue weighted by Crippen LogP contribution is -2.47. The van der Waals surface area contributed by atoms with Gasteiger partial charge in [0.15, 0.2) is 0 Å². The summed E-state index contributed by atoms with van der Waals surface area (Å²) >= 11 is 5.89. The van der Waals surface area contributed by atoms with Crippen molar-refractivity contribution < 1.29 is 9.59 Å². The van der Waals surface area contributed by atoms with E-state index in [0.29, 0.717) is 24.5 Å². The van der Waals surface area contributed by atoms with Gasteiger partial charge in [-0.2, -0.15) is 0 Å². The molecule has 0 radical (unpaired) electrons. The lowest BCUT2D eigenvalue weighted by Gasteiger charge is -2.28. The summed E-state index contributed by atoms with van der Waals surface area (Å²) < 4.78 is 0. The Hall–Kier alpha value is -1.55. The number of carbonyl (C=O) groups excluding carboxylic acids is 2. The lowest BCUT2D eigenvalue weighted by molar-refractivity contribution is -0.140. The minimum Gasteiger partial charge on any atom is -0.354 e. The first-order valence-corrected chi connectivity index (χ1v) is 8.69. The Morgan fingerprint density at radius 3 is 2.39 bits per heavy atom. The highest BCUT2D eigenvalue weighted by Gasteiger charge is 2.24. The number of unbranched alkanes of at least 4 members (excludes halogenated alkanes) is 2. The maximum absolute atomic E-state index is 12.3. The second-order valence-electron chi connectivity index (χ2n) is 5.68. The molecule has 0 aliphatic rings. The highest BCUT2D eigenvalue weighted by molar-refractivity contribution is 6.30. The molecule has 0 bridgehead atoms. The Morgan fingerprint density at radius 1 is 1.17 bits per heavy atom. The fourth-order valence-electron chi connectivity index (χ4n) is 2.31. The molecular weight excluding hydrogens is 312 g/mol. The molecule has 0 fully saturated rings. The topological polar surface area (TPSA) is 49.4 Å². The van der Waals surface area contributed by atoms with Crippen LogP contribution in [-0.4, -0.2) is 29.3 Å². The monoisotopic (exact) mass is 338 g/mol. The molecule has 23 heavy (non-hydrogen) atoms. The molecule has 0 aromatic heterocycles. The van der Waals surface area contributed by atoms with Gasteiger partial charge in [-0.1, -0.05) is 50.4 Å². The summed E-state index contributed by atoms with van der Waals surface area (Å²) in [6.07, 6.45) is 3.55. The maximum atomic E-state index is 12.3. The standard InChI is InChI=1S/C18H27ClN2O2/c1-4-6-7-12-20-18(23)14(3)21(17(22)5-2)13-15-8-10-16(19)11-9-15/h8-11,14H,4-7,12-13H2,1-3H3,(H,20,23). The summed E-state index contributed by atoms with van der Waals surface area (Å²) in [5.74, 6) is -0.131. The molecule has 0 aliphatic carbocycles. The predicted octanol–water partition coefficient (Wildman–Crippen LogP) is 3.77. The third-order valence-electron chi connectivity index (χ3n) is 3.82. The molecule has 0 heterocycles. The van der Waals surface area contributed by atoms with Crippen molar-refractivity contribution in [2.75, 3.05) is 6.54 Å². The molecule has 128 valence electrons. The largest absolute Gasteiger partial charge is 0.354 e. The van der Waals surface area contributed by atoms with E-state index >= 15 is 0 Å². The molecule has 1 N–H and O–H groups in total. The number of nitrogens with zero attached hydrogens (tertiary/aromatic N) is 1. The molecule has 1 aromatic carbocycles. The zero-order chi connectivity index (χ0) is 17.2. The first-order valence-electron chi connectivity index (χ1n) is 8.31. The van der Waals surface area contributed by atoms with Gasteiger partial charge < -0.3 is 10.2 Å². The van der Waals surface area contributed by atoms with Crippen molar-refractivity contribution in [3.63, 3.8) is 0 Å². The van der Waals surface area contributed by atoms with Crippen LogP contribution in [0.25, 0.3) is 0 Å². The number of benzene rings is 1. The summed E-state index contributed by atoms with van der Waals surface area (Å²) in [7, 11) is 0. The summed E-state index contributed by atoms with van der Waals surface area (Å²) in [6, 6.07) is 6.86. The van der Waals surface area contributed by atoms with Crippen molar-refractivity contribution in [1.82, 2.24) is 10.2 Å². The zero-order valence-electron chi connectivity index (χ0n) is 14.3. The van der Waals surface area contributed by atoms with Crippen molar-refractivity contribution in [2.24, 2.45) is 0 Å². The smallest absolute Gasteiger partial charge is 0.242 e. The summed E-state index contributed by atoms with van der Waals surface area (Å²) in [5.41, 5.74) is 0.960. The molecule has 4 nitrogen and oxygen atoms in total. The van der Waals surface area contributed by atoms with Gasteiger partial charge in [0.05, 0.1) is 0 Å². The number of rotatable bonds is 9. The quantitative estimate of drug-likeness (QED) is 0.697. The van der Waals surface area contributed by atoms with E-state index in [1.807, 2.05) is 19.1 Å². The van der Waals surface area contributed by atoms with Crippen molar-refractivity contribution >= 4 is 23.4 Å². The van der Waals surface area contributed by atoms with Crippen LogP contribution in [-0.2, 0) is 16.1 Å². The van der Waals surface area contributed by atoms with Crippen LogP contribution in [0.3, 0.4) is 0 Å². The highest BCUT2D eigenvalue weighted by atomic mass is 35.5. The van der Waals surface area contributed by atoms with E-state index in [-0.39, 0.29) is 11.8 Å². The van der Waals surface area contributed by atoms with Gasteiger partial charge in [-0.25, -0.2) is 0 Å². The van der Waals surface area contributed by atoms with E-state index < -0.39 is 6.04 Å². The van der Waals surface area contributed by atoms with E-state index in [9.17, 15) is 9.59 Å². The van der Waals surface area contributed by atoms with Crippen LogP contribution < -0.4 is 5.32 Å². The normalized spacial score (nSPS) is 11.8. The molecule has 5 heteroatoms. The Labute approximate surface area is 144 Å². The fourth-order valence-corrected chi connectivity index (χ4v) is 2.43. The van der Waals surface area contributed by atoms with Gasteiger partial charge in [0.1, 0.15) is 6.04 Å². The second-order valence-corrected chi connectivity index (χ2v) is 6.11. The van der Waals surface area contributed by atoms with Crippen molar-refractivity contribution in [2.45, 2.75) is 59.0 Å². The van der Waals surface area contributed by atoms with Gasteiger partial charge in [0.2, 0.25) is 11.8 Å². The lowest BCUT2D eigenvalue weighted by atomic mass is 10.1. The summed E-state index contributed by atoms with van der Waals surface area (Å²) in [4.78, 5) is 26.1. The van der Waals surface area contributed by atoms with Gasteiger partial charge in [-0.15, -0.1) is 0 Å². The van der Waals surface area contributed by atoms with Crippen LogP contribution in [0.2, 0.25) is 5.02 Å². The number of halogens is 1. The molecular formula is C18H27ClN2O2. The molecule has 1 unspecified atom stereocenters. The molecule has 0 saturated heterocycles. The Morgan fingerprint density at radius 2 is 1.83 bits per heavy atom. The van der Waals surface area contributed by atoms with Crippen LogP contribution >= 0.6 is 11.6 Å². The third-order valence-corrected chi connectivity index (χ3v) is 4.07. The molecule has 1 atom stereocenters. The molecule has 0 spiro atoms. The van der Waals surface area contributed by atoms with E-state index in [0.717, 1.165) is 24.8 Å². The molecule has 0 aliphatic heterocycles. The number of nitrogens with one attached hydrogen (secondary N) is 1. The predicted molar refractivity (Wildman–Crippen MR) is 94.3 cm³/mol. The van der Waals surface area contributed by atoms with Gasteiger partial charge in [0.25, 0.3) is 0 Å². The first-order chi connectivity index (χ1) is 11.0. The van der Waals surface area contributed by atoms with Gasteiger partial charge in [-0.3, -0.25) is 9.59 Å². The average Bonchev–Trinajstić information content (AvgIpc) is 2.56. The van der Waals surface area contributed by atoms with Crippen LogP contribution in [0.1, 0.15) is 52.0 Å². The van der Waals surface area contributed by atoms with Crippen molar-refractivity contribution in [3.05, 3.63) is 34.9 Å². The van der Waals surface area contributed by atoms with Crippen LogP contribution in [0.5, 0.6) is 0 Å². The van der Waals surface area contributed by atoms with E-state index in [4.69, 9.17) is 11.6 Å². The summed E-state index contributed by atoms with van der Waals surface area (Å²) in [6.45, 7) is 6.78. The van der Waals surface area contributed by atoms with E-state index in [2.05, 4.69) is 12.2 Å². The second kappa shape index (κ2) is 10.3. The molecule has 1 aromatic rings. The highest BCUT2D eigenvalue weighted by Crippen LogP contribution is 2.14. The van der Waals surface area contributed by atoms with Crippen LogP contribution in [0.15, 0.2) is 24.3 Å². The fraction of sp³-hybridized carbons (Fsp3) is 0.556. The van der Waals surface area contributed by atoms with Gasteiger partial charge >= 0.3 is 0 Å². The Balaban J connectivity index is 2.70. The number of hydrogen-bond donors (Lipinski definition) is 1. The molecule has 0 saturated carbocycles. The minimum atomic E-state index is -0.486. The van der Waals surface area contributed by atoms with Crippen molar-refractivity contribution in [1.29, 1.82) is 0 Å². The number of carbonyl (C=O) groups is 2. The third kappa shape index (κ3) is 6.61. The SMILES string of the molecule is CCCCCNC(=O)C(C)N(Cc1ccc(Cl)cc1)C(=O)CC. The molecule has 2 amide bonds.